The fourth-order valence-electron chi connectivity index (χ4n) is 2.33. The molecule has 17 heavy (non-hydrogen) atoms. The summed E-state index contributed by atoms with van der Waals surface area (Å²) < 4.78 is 0. The summed E-state index contributed by atoms with van der Waals surface area (Å²) in [5, 5.41) is 20.1. The molecule has 5 N–H and O–H groups in total. The monoisotopic (exact) mass is 244 g/mol. The van der Waals surface area contributed by atoms with E-state index in [4.69, 9.17) is 15.9 Å². The van der Waals surface area contributed by atoms with Gasteiger partial charge in [-0.15, -0.1) is 0 Å². The van der Waals surface area contributed by atoms with Crippen molar-refractivity contribution in [2.75, 3.05) is 13.2 Å². The molecule has 3 unspecified atom stereocenters. The Kier molecular flexibility index (Phi) is 5.37. The van der Waals surface area contributed by atoms with Crippen LogP contribution in [0.15, 0.2) is 0 Å². The Hall–Kier alpha value is -1.14. The van der Waals surface area contributed by atoms with Crippen molar-refractivity contribution in [3.05, 3.63) is 0 Å². The number of hydrogen-bond acceptors (Lipinski definition) is 4. The number of rotatable bonds is 6. The van der Waals surface area contributed by atoms with E-state index >= 15 is 0 Å². The lowest BCUT2D eigenvalue weighted by molar-refractivity contribution is -0.143. The lowest BCUT2D eigenvalue weighted by Gasteiger charge is -2.20. The van der Waals surface area contributed by atoms with Gasteiger partial charge in [0, 0.05) is 18.9 Å². The van der Waals surface area contributed by atoms with Crippen molar-refractivity contribution in [1.82, 2.24) is 5.32 Å². The zero-order chi connectivity index (χ0) is 12.8. The van der Waals surface area contributed by atoms with Gasteiger partial charge in [-0.3, -0.25) is 4.79 Å². The van der Waals surface area contributed by atoms with E-state index in [1.807, 2.05) is 0 Å². The molecule has 0 aromatic carbocycles. The molecule has 0 saturated heterocycles. The van der Waals surface area contributed by atoms with Crippen LogP contribution >= 0.6 is 0 Å². The number of aliphatic carboxylic acids is 1. The minimum Gasteiger partial charge on any atom is -0.480 e. The zero-order valence-corrected chi connectivity index (χ0v) is 9.76. The van der Waals surface area contributed by atoms with Crippen LogP contribution < -0.4 is 11.1 Å². The number of hydrogen-bond donors (Lipinski definition) is 4. The van der Waals surface area contributed by atoms with Gasteiger partial charge in [0.25, 0.3) is 0 Å². The second-order valence-electron chi connectivity index (χ2n) is 4.44. The van der Waals surface area contributed by atoms with Gasteiger partial charge >= 0.3 is 5.97 Å². The number of nitrogens with two attached hydrogens (primary N) is 1. The SMILES string of the molecule is NCC1CCCC1C(=O)NC(CCO)C(=O)O. The minimum atomic E-state index is -1.12. The normalized spacial score (nSPS) is 25.5. The van der Waals surface area contributed by atoms with Gasteiger partial charge in [0.05, 0.1) is 0 Å². The van der Waals surface area contributed by atoms with Crippen molar-refractivity contribution in [2.24, 2.45) is 17.6 Å². The average Bonchev–Trinajstić information content (AvgIpc) is 2.76. The average molecular weight is 244 g/mol. The maximum absolute atomic E-state index is 11.9. The summed E-state index contributed by atoms with van der Waals surface area (Å²) >= 11 is 0. The second-order valence-corrected chi connectivity index (χ2v) is 4.44. The van der Waals surface area contributed by atoms with Gasteiger partial charge in [0.1, 0.15) is 6.04 Å². The first-order chi connectivity index (χ1) is 8.10. The molecule has 1 aliphatic carbocycles. The molecule has 6 nitrogen and oxygen atoms in total. The molecule has 1 fully saturated rings. The van der Waals surface area contributed by atoms with Gasteiger partial charge in [-0.05, 0) is 25.3 Å². The highest BCUT2D eigenvalue weighted by atomic mass is 16.4. The number of aliphatic hydroxyl groups is 1. The molecule has 0 aromatic rings. The number of carboxylic acid groups (broad SMARTS) is 1. The van der Waals surface area contributed by atoms with E-state index in [2.05, 4.69) is 5.32 Å². The number of aliphatic hydroxyl groups excluding tert-OH is 1. The molecule has 0 bridgehead atoms. The van der Waals surface area contributed by atoms with Crippen LogP contribution in [-0.2, 0) is 9.59 Å². The fraction of sp³-hybridized carbons (Fsp3) is 0.818. The number of carbonyl (C=O) groups excluding carboxylic acids is 1. The smallest absolute Gasteiger partial charge is 0.326 e. The Morgan fingerprint density at radius 1 is 1.41 bits per heavy atom. The molecule has 6 heteroatoms. The Morgan fingerprint density at radius 2 is 2.12 bits per heavy atom. The Bertz CT molecular complexity index is 283. The minimum absolute atomic E-state index is 0.0289. The Labute approximate surface area is 100 Å². The van der Waals surface area contributed by atoms with E-state index < -0.39 is 12.0 Å². The Morgan fingerprint density at radius 3 is 2.65 bits per heavy atom. The summed E-state index contributed by atoms with van der Waals surface area (Å²) in [5.41, 5.74) is 5.57. The molecule has 1 saturated carbocycles. The first-order valence-electron chi connectivity index (χ1n) is 5.94. The van der Waals surface area contributed by atoms with E-state index in [-0.39, 0.29) is 30.8 Å². The lowest BCUT2D eigenvalue weighted by atomic mass is 9.95. The van der Waals surface area contributed by atoms with Crippen LogP contribution in [0.4, 0.5) is 0 Å². The summed E-state index contributed by atoms with van der Waals surface area (Å²) in [7, 11) is 0. The van der Waals surface area contributed by atoms with Crippen LogP contribution in [0.1, 0.15) is 25.7 Å². The van der Waals surface area contributed by atoms with Crippen molar-refractivity contribution >= 4 is 11.9 Å². The Balaban J connectivity index is 2.54. The maximum Gasteiger partial charge on any atom is 0.326 e. The summed E-state index contributed by atoms with van der Waals surface area (Å²) in [5.74, 6) is -1.40. The summed E-state index contributed by atoms with van der Waals surface area (Å²) in [6, 6.07) is -1.01. The molecule has 3 atom stereocenters. The fourth-order valence-corrected chi connectivity index (χ4v) is 2.33. The molecular formula is C11H20N2O4. The summed E-state index contributed by atoms with van der Waals surface area (Å²) in [6.07, 6.45) is 2.67. The molecule has 0 spiro atoms. The van der Waals surface area contributed by atoms with Crippen LogP contribution in [0.2, 0.25) is 0 Å². The molecule has 0 radical (unpaired) electrons. The van der Waals surface area contributed by atoms with Gasteiger partial charge < -0.3 is 21.3 Å². The van der Waals surface area contributed by atoms with Crippen LogP contribution in [0, 0.1) is 11.8 Å². The van der Waals surface area contributed by atoms with E-state index in [0.717, 1.165) is 19.3 Å². The van der Waals surface area contributed by atoms with Gasteiger partial charge in [0.15, 0.2) is 0 Å². The lowest BCUT2D eigenvalue weighted by Crippen LogP contribution is -2.45. The van der Waals surface area contributed by atoms with Crippen molar-refractivity contribution in [3.8, 4) is 0 Å². The number of amides is 1. The van der Waals surface area contributed by atoms with Crippen molar-refractivity contribution in [2.45, 2.75) is 31.7 Å². The van der Waals surface area contributed by atoms with Crippen LogP contribution in [0.5, 0.6) is 0 Å². The van der Waals surface area contributed by atoms with E-state index in [1.165, 1.54) is 0 Å². The van der Waals surface area contributed by atoms with E-state index in [0.29, 0.717) is 6.54 Å². The summed E-state index contributed by atoms with van der Waals surface area (Å²) in [6.45, 7) is 0.193. The molecule has 1 rings (SSSR count). The topological polar surface area (TPSA) is 113 Å². The van der Waals surface area contributed by atoms with Gasteiger partial charge in [-0.2, -0.15) is 0 Å². The van der Waals surface area contributed by atoms with E-state index in [1.54, 1.807) is 0 Å². The molecule has 1 amide bonds. The van der Waals surface area contributed by atoms with Crippen molar-refractivity contribution in [3.63, 3.8) is 0 Å². The standard InChI is InChI=1S/C11H20N2O4/c12-6-7-2-1-3-8(7)10(15)13-9(4-5-14)11(16)17/h7-9,14H,1-6,12H2,(H,13,15)(H,16,17). The highest BCUT2D eigenvalue weighted by Crippen LogP contribution is 2.31. The third kappa shape index (κ3) is 3.67. The largest absolute Gasteiger partial charge is 0.480 e. The number of carboxylic acids is 1. The van der Waals surface area contributed by atoms with Gasteiger partial charge in [-0.25, -0.2) is 4.79 Å². The maximum atomic E-state index is 11.9. The van der Waals surface area contributed by atoms with Crippen molar-refractivity contribution in [1.29, 1.82) is 0 Å². The predicted molar refractivity (Wildman–Crippen MR) is 61.2 cm³/mol. The molecule has 1 aliphatic rings. The third-order valence-electron chi connectivity index (χ3n) is 3.33. The number of nitrogens with one attached hydrogen (secondary N) is 1. The highest BCUT2D eigenvalue weighted by molar-refractivity contribution is 5.85. The third-order valence-corrected chi connectivity index (χ3v) is 3.33. The van der Waals surface area contributed by atoms with Crippen LogP contribution in [0.3, 0.4) is 0 Å². The highest BCUT2D eigenvalue weighted by Gasteiger charge is 2.33. The summed E-state index contributed by atoms with van der Waals surface area (Å²) in [4.78, 5) is 22.7. The van der Waals surface area contributed by atoms with Gasteiger partial charge in [-0.1, -0.05) is 6.42 Å². The molecule has 0 aromatic heterocycles. The van der Waals surface area contributed by atoms with Crippen LogP contribution in [0.25, 0.3) is 0 Å². The molecule has 0 heterocycles. The first kappa shape index (κ1) is 13.9. The van der Waals surface area contributed by atoms with E-state index in [9.17, 15) is 9.59 Å². The van der Waals surface area contributed by atoms with Crippen LogP contribution in [-0.4, -0.2) is 41.3 Å². The molecular weight excluding hydrogens is 224 g/mol. The molecule has 98 valence electrons. The predicted octanol–water partition coefficient (Wildman–Crippen LogP) is -0.687. The quantitative estimate of drug-likeness (QED) is 0.494. The first-order valence-corrected chi connectivity index (χ1v) is 5.94. The van der Waals surface area contributed by atoms with Crippen molar-refractivity contribution < 1.29 is 19.8 Å². The zero-order valence-electron chi connectivity index (χ0n) is 9.76. The second kappa shape index (κ2) is 6.56. The van der Waals surface area contributed by atoms with Gasteiger partial charge in [0.2, 0.25) is 5.91 Å². The molecule has 0 aliphatic heterocycles. The number of carbonyl (C=O) groups is 2.